The summed E-state index contributed by atoms with van der Waals surface area (Å²) in [6.45, 7) is 2.87. The normalized spacial score (nSPS) is 11.7. The van der Waals surface area contributed by atoms with Gasteiger partial charge in [0.25, 0.3) is 0 Å². The zero-order chi connectivity index (χ0) is 19.7. The van der Waals surface area contributed by atoms with Crippen LogP contribution in [-0.2, 0) is 13.0 Å². The van der Waals surface area contributed by atoms with Gasteiger partial charge in [0.1, 0.15) is 5.75 Å². The first-order valence-electron chi connectivity index (χ1n) is 8.56. The van der Waals surface area contributed by atoms with Gasteiger partial charge in [0.15, 0.2) is 5.96 Å². The van der Waals surface area contributed by atoms with E-state index in [1.165, 1.54) is 12.1 Å². The molecule has 10 heteroatoms. The molecule has 1 aromatic carbocycles. The number of para-hydroxylation sites is 1. The molecule has 0 aliphatic heterocycles. The van der Waals surface area contributed by atoms with Crippen LogP contribution in [-0.4, -0.2) is 30.9 Å². The van der Waals surface area contributed by atoms with E-state index in [0.717, 1.165) is 30.0 Å². The molecule has 0 atom stereocenters. The molecule has 0 saturated heterocycles. The van der Waals surface area contributed by atoms with Crippen molar-refractivity contribution in [2.45, 2.75) is 39.1 Å². The summed E-state index contributed by atoms with van der Waals surface area (Å²) in [5.41, 5.74) is 1.45. The Morgan fingerprint density at radius 3 is 2.61 bits per heavy atom. The van der Waals surface area contributed by atoms with E-state index < -0.39 is 6.36 Å². The van der Waals surface area contributed by atoms with Crippen LogP contribution in [0.25, 0.3) is 0 Å². The molecule has 2 aromatic rings. The quantitative estimate of drug-likeness (QED) is 0.227. The standard InChI is InChI=1S/C18H23F3N4OS.HI/c1-13-12-27-16(25-13)9-5-6-10-23-17(22-2)24-11-14-7-3-4-8-15(14)26-18(19,20)21;/h3-4,7-8,12H,5-6,9-11H2,1-2H3,(H2,22,23,24);1H. The van der Waals surface area contributed by atoms with Crippen molar-refractivity contribution >= 4 is 41.3 Å². The van der Waals surface area contributed by atoms with Gasteiger partial charge in [0, 0.05) is 36.8 Å². The van der Waals surface area contributed by atoms with Crippen molar-refractivity contribution in [2.75, 3.05) is 13.6 Å². The van der Waals surface area contributed by atoms with Crippen molar-refractivity contribution in [3.63, 3.8) is 0 Å². The number of halogens is 4. The van der Waals surface area contributed by atoms with Crippen LogP contribution in [0.15, 0.2) is 34.6 Å². The summed E-state index contributed by atoms with van der Waals surface area (Å²) in [5, 5.41) is 9.34. The highest BCUT2D eigenvalue weighted by molar-refractivity contribution is 14.0. The third-order valence-corrected chi connectivity index (χ3v) is 4.67. The molecule has 1 heterocycles. The summed E-state index contributed by atoms with van der Waals surface area (Å²) >= 11 is 1.67. The Morgan fingerprint density at radius 1 is 1.21 bits per heavy atom. The van der Waals surface area contributed by atoms with Gasteiger partial charge in [-0.1, -0.05) is 18.2 Å². The van der Waals surface area contributed by atoms with Crippen molar-refractivity contribution < 1.29 is 17.9 Å². The first-order chi connectivity index (χ1) is 12.9. The van der Waals surface area contributed by atoms with Gasteiger partial charge in [0.2, 0.25) is 0 Å². The molecule has 1 aromatic heterocycles. The molecule has 0 saturated carbocycles. The van der Waals surface area contributed by atoms with Crippen LogP contribution in [0.5, 0.6) is 5.75 Å². The molecule has 0 unspecified atom stereocenters. The predicted molar refractivity (Wildman–Crippen MR) is 117 cm³/mol. The lowest BCUT2D eigenvalue weighted by Crippen LogP contribution is -2.37. The highest BCUT2D eigenvalue weighted by Crippen LogP contribution is 2.26. The second-order valence-corrected chi connectivity index (χ2v) is 6.79. The number of rotatable bonds is 8. The van der Waals surface area contributed by atoms with E-state index in [1.54, 1.807) is 30.5 Å². The van der Waals surface area contributed by atoms with Gasteiger partial charge >= 0.3 is 6.36 Å². The second-order valence-electron chi connectivity index (χ2n) is 5.85. The molecular weight excluding hydrogens is 504 g/mol. The largest absolute Gasteiger partial charge is 0.573 e. The molecule has 0 amide bonds. The number of hydrogen-bond donors (Lipinski definition) is 2. The van der Waals surface area contributed by atoms with Crippen molar-refractivity contribution in [1.82, 2.24) is 15.6 Å². The summed E-state index contributed by atoms with van der Waals surface area (Å²) in [6, 6.07) is 6.04. The highest BCUT2D eigenvalue weighted by Gasteiger charge is 2.31. The molecule has 2 rings (SSSR count). The van der Waals surface area contributed by atoms with E-state index in [1.807, 2.05) is 12.3 Å². The van der Waals surface area contributed by atoms with Gasteiger partial charge in [-0.2, -0.15) is 0 Å². The molecule has 156 valence electrons. The molecule has 0 fully saturated rings. The van der Waals surface area contributed by atoms with E-state index in [4.69, 9.17) is 0 Å². The van der Waals surface area contributed by atoms with Crippen molar-refractivity contribution in [2.24, 2.45) is 4.99 Å². The number of unbranched alkanes of at least 4 members (excludes halogenated alkanes) is 1. The number of hydrogen-bond acceptors (Lipinski definition) is 4. The van der Waals surface area contributed by atoms with Crippen LogP contribution < -0.4 is 15.4 Å². The van der Waals surface area contributed by atoms with Gasteiger partial charge in [-0.05, 0) is 32.3 Å². The van der Waals surface area contributed by atoms with E-state index in [9.17, 15) is 13.2 Å². The minimum Gasteiger partial charge on any atom is -0.405 e. The zero-order valence-electron chi connectivity index (χ0n) is 15.7. The smallest absolute Gasteiger partial charge is 0.405 e. The van der Waals surface area contributed by atoms with E-state index in [-0.39, 0.29) is 36.3 Å². The van der Waals surface area contributed by atoms with Crippen LogP contribution in [0.4, 0.5) is 13.2 Å². The molecule has 28 heavy (non-hydrogen) atoms. The fourth-order valence-corrected chi connectivity index (χ4v) is 3.22. The van der Waals surface area contributed by atoms with E-state index in [2.05, 4.69) is 25.3 Å². The van der Waals surface area contributed by atoms with Crippen LogP contribution in [0.3, 0.4) is 0 Å². The number of ether oxygens (including phenoxy) is 1. The van der Waals surface area contributed by atoms with Crippen LogP contribution in [0.2, 0.25) is 0 Å². The Kier molecular flexibility index (Phi) is 10.6. The summed E-state index contributed by atoms with van der Waals surface area (Å²) in [4.78, 5) is 8.51. The Balaban J connectivity index is 0.00000392. The number of aromatic nitrogens is 1. The molecule has 0 aliphatic rings. The maximum absolute atomic E-state index is 12.5. The topological polar surface area (TPSA) is 58.5 Å². The van der Waals surface area contributed by atoms with Crippen molar-refractivity contribution in [3.05, 3.63) is 45.9 Å². The minimum absolute atomic E-state index is 0. The Labute approximate surface area is 183 Å². The number of guanidine groups is 1. The molecule has 0 bridgehead atoms. The SMILES string of the molecule is CN=C(NCCCCc1nc(C)cs1)NCc1ccccc1OC(F)(F)F.I. The number of thiazole rings is 1. The van der Waals surface area contributed by atoms with Gasteiger partial charge < -0.3 is 15.4 Å². The van der Waals surface area contributed by atoms with Gasteiger partial charge in [0.05, 0.1) is 5.01 Å². The third-order valence-electron chi connectivity index (χ3n) is 3.64. The van der Waals surface area contributed by atoms with E-state index in [0.29, 0.717) is 18.1 Å². The Hall–Kier alpha value is -1.56. The number of alkyl halides is 3. The minimum atomic E-state index is -4.72. The molecule has 5 nitrogen and oxygen atoms in total. The maximum atomic E-state index is 12.5. The van der Waals surface area contributed by atoms with Crippen molar-refractivity contribution in [3.8, 4) is 5.75 Å². The van der Waals surface area contributed by atoms with Crippen LogP contribution in [0, 0.1) is 6.92 Å². The van der Waals surface area contributed by atoms with Gasteiger partial charge in [-0.3, -0.25) is 4.99 Å². The third kappa shape index (κ3) is 9.09. The van der Waals surface area contributed by atoms with Crippen LogP contribution in [0.1, 0.15) is 29.1 Å². The fourth-order valence-electron chi connectivity index (χ4n) is 2.40. The molecule has 2 N–H and O–H groups in total. The zero-order valence-corrected chi connectivity index (χ0v) is 18.8. The lowest BCUT2D eigenvalue weighted by atomic mass is 10.2. The Morgan fingerprint density at radius 2 is 1.96 bits per heavy atom. The van der Waals surface area contributed by atoms with Crippen LogP contribution >= 0.6 is 35.3 Å². The van der Waals surface area contributed by atoms with Crippen molar-refractivity contribution in [1.29, 1.82) is 0 Å². The number of benzene rings is 1. The molecular formula is C18H24F3IN4OS. The number of nitrogens with one attached hydrogen (secondary N) is 2. The maximum Gasteiger partial charge on any atom is 0.573 e. The number of nitrogens with zero attached hydrogens (tertiary/aromatic N) is 2. The molecule has 0 spiro atoms. The molecule has 0 aliphatic carbocycles. The lowest BCUT2D eigenvalue weighted by molar-refractivity contribution is -0.274. The molecule has 0 radical (unpaired) electrons. The number of aryl methyl sites for hydroxylation is 2. The summed E-state index contributed by atoms with van der Waals surface area (Å²) in [5.74, 6) is 0.314. The number of aliphatic imine (C=N–C) groups is 1. The first kappa shape index (κ1) is 24.5. The predicted octanol–water partition coefficient (Wildman–Crippen LogP) is 4.66. The summed E-state index contributed by atoms with van der Waals surface area (Å²) < 4.78 is 41.5. The monoisotopic (exact) mass is 528 g/mol. The average Bonchev–Trinajstić information content (AvgIpc) is 3.02. The van der Waals surface area contributed by atoms with Gasteiger partial charge in [-0.15, -0.1) is 48.5 Å². The Bertz CT molecular complexity index is 752. The first-order valence-corrected chi connectivity index (χ1v) is 9.44. The summed E-state index contributed by atoms with van der Waals surface area (Å²) in [6.07, 6.45) is -1.84. The second kappa shape index (κ2) is 12.1. The highest BCUT2D eigenvalue weighted by atomic mass is 127. The van der Waals surface area contributed by atoms with Gasteiger partial charge in [-0.25, -0.2) is 4.98 Å². The van der Waals surface area contributed by atoms with E-state index >= 15 is 0 Å². The average molecular weight is 528 g/mol. The summed E-state index contributed by atoms with van der Waals surface area (Å²) in [7, 11) is 1.62. The fraction of sp³-hybridized carbons (Fsp3) is 0.444. The lowest BCUT2D eigenvalue weighted by Gasteiger charge is -2.15.